The molecule has 8 heteroatoms. The number of aliphatic hydroxyl groups excluding tert-OH is 1. The Hall–Kier alpha value is -2.61. The number of ether oxygens (including phenoxy) is 1. The lowest BCUT2D eigenvalue weighted by molar-refractivity contribution is -0.123. The zero-order valence-corrected chi connectivity index (χ0v) is 16.7. The average molecular weight is 403 g/mol. The Morgan fingerprint density at radius 3 is 2.62 bits per heavy atom. The van der Waals surface area contributed by atoms with Gasteiger partial charge in [-0.1, -0.05) is 25.0 Å². The highest BCUT2D eigenvalue weighted by molar-refractivity contribution is 5.94. The minimum atomic E-state index is -0.628. The number of hydrogen-bond donors (Lipinski definition) is 3. The predicted molar refractivity (Wildman–Crippen MR) is 106 cm³/mol. The Labute approximate surface area is 170 Å². The predicted octanol–water partition coefficient (Wildman–Crippen LogP) is 1.57. The fourth-order valence-electron chi connectivity index (χ4n) is 3.37. The van der Waals surface area contributed by atoms with Crippen LogP contribution < -0.4 is 10.6 Å². The summed E-state index contributed by atoms with van der Waals surface area (Å²) in [5.74, 6) is -0.450. The molecule has 0 aromatic heterocycles. The van der Waals surface area contributed by atoms with Gasteiger partial charge in [0.05, 0.1) is 12.1 Å². The maximum atomic E-state index is 12.2. The molecule has 2 unspecified atom stereocenters. The Kier molecular flexibility index (Phi) is 7.09. The van der Waals surface area contributed by atoms with Crippen LogP contribution in [0.25, 0.3) is 0 Å². The van der Waals surface area contributed by atoms with Gasteiger partial charge in [-0.3, -0.25) is 9.59 Å². The van der Waals surface area contributed by atoms with Crippen molar-refractivity contribution in [2.75, 3.05) is 13.6 Å². The van der Waals surface area contributed by atoms with Crippen LogP contribution >= 0.6 is 0 Å². The number of rotatable bonds is 7. The summed E-state index contributed by atoms with van der Waals surface area (Å²) >= 11 is 0. The SMILES string of the molecule is CN(CC(=O)NC1CCCCC1O)C(=O)OCc1cccc(C(=O)NC2CC2)c1. The van der Waals surface area contributed by atoms with E-state index in [0.29, 0.717) is 17.5 Å². The number of nitrogens with one attached hydrogen (secondary N) is 2. The van der Waals surface area contributed by atoms with Crippen LogP contribution in [0.15, 0.2) is 24.3 Å². The van der Waals surface area contributed by atoms with E-state index in [0.717, 1.165) is 32.1 Å². The number of carbonyl (C=O) groups excluding carboxylic acids is 3. The summed E-state index contributed by atoms with van der Waals surface area (Å²) in [6.45, 7) is -0.136. The molecule has 0 aliphatic heterocycles. The van der Waals surface area contributed by atoms with Gasteiger partial charge in [0.25, 0.3) is 5.91 Å². The van der Waals surface area contributed by atoms with E-state index >= 15 is 0 Å². The van der Waals surface area contributed by atoms with Gasteiger partial charge in [-0.2, -0.15) is 0 Å². The second kappa shape index (κ2) is 9.73. The highest BCUT2D eigenvalue weighted by atomic mass is 16.6. The maximum Gasteiger partial charge on any atom is 0.410 e. The topological polar surface area (TPSA) is 108 Å². The minimum Gasteiger partial charge on any atom is -0.445 e. The smallest absolute Gasteiger partial charge is 0.410 e. The average Bonchev–Trinajstić information content (AvgIpc) is 3.52. The van der Waals surface area contributed by atoms with Gasteiger partial charge in [0, 0.05) is 18.7 Å². The maximum absolute atomic E-state index is 12.2. The Bertz CT molecular complexity index is 750. The molecule has 3 N–H and O–H groups in total. The normalized spacial score (nSPS) is 21.2. The van der Waals surface area contributed by atoms with E-state index in [4.69, 9.17) is 4.74 Å². The molecular weight excluding hydrogens is 374 g/mol. The van der Waals surface area contributed by atoms with Crippen molar-refractivity contribution in [3.05, 3.63) is 35.4 Å². The molecule has 3 amide bonds. The molecule has 2 fully saturated rings. The molecule has 1 aromatic rings. The molecular formula is C21H29N3O5. The van der Waals surface area contributed by atoms with Crippen molar-refractivity contribution in [1.82, 2.24) is 15.5 Å². The summed E-state index contributed by atoms with van der Waals surface area (Å²) in [6.07, 6.45) is 4.23. The number of amides is 3. The van der Waals surface area contributed by atoms with E-state index < -0.39 is 12.2 Å². The van der Waals surface area contributed by atoms with Gasteiger partial charge in [-0.25, -0.2) is 4.79 Å². The van der Waals surface area contributed by atoms with Crippen LogP contribution in [0.2, 0.25) is 0 Å². The molecule has 158 valence electrons. The number of benzene rings is 1. The van der Waals surface area contributed by atoms with Gasteiger partial charge >= 0.3 is 6.09 Å². The highest BCUT2D eigenvalue weighted by Crippen LogP contribution is 2.20. The number of nitrogens with zero attached hydrogens (tertiary/aromatic N) is 1. The monoisotopic (exact) mass is 403 g/mol. The molecule has 0 bridgehead atoms. The van der Waals surface area contributed by atoms with E-state index in [1.54, 1.807) is 24.3 Å². The number of likely N-dealkylation sites (N-methyl/N-ethyl adjacent to an activating group) is 1. The summed E-state index contributed by atoms with van der Waals surface area (Å²) in [5.41, 5.74) is 1.23. The van der Waals surface area contributed by atoms with Crippen molar-refractivity contribution in [2.24, 2.45) is 0 Å². The summed E-state index contributed by atoms with van der Waals surface area (Å²) in [5, 5.41) is 15.6. The molecule has 2 atom stereocenters. The van der Waals surface area contributed by atoms with Gasteiger partial charge < -0.3 is 25.4 Å². The zero-order valence-electron chi connectivity index (χ0n) is 16.7. The summed E-state index contributed by atoms with van der Waals surface area (Å²) in [4.78, 5) is 37.6. The van der Waals surface area contributed by atoms with E-state index in [2.05, 4.69) is 10.6 Å². The third kappa shape index (κ3) is 6.45. The first-order chi connectivity index (χ1) is 13.9. The third-order valence-electron chi connectivity index (χ3n) is 5.23. The molecule has 0 spiro atoms. The molecule has 2 saturated carbocycles. The van der Waals surface area contributed by atoms with Crippen molar-refractivity contribution in [3.63, 3.8) is 0 Å². The van der Waals surface area contributed by atoms with Crippen LogP contribution in [0.1, 0.15) is 54.4 Å². The van der Waals surface area contributed by atoms with Crippen LogP contribution in [0.4, 0.5) is 4.79 Å². The van der Waals surface area contributed by atoms with Crippen molar-refractivity contribution >= 4 is 17.9 Å². The standard InChI is InChI=1S/C21H29N3O5/c1-24(12-19(26)23-17-7-2-3-8-18(17)25)21(28)29-13-14-5-4-6-15(11-14)20(27)22-16-9-10-16/h4-6,11,16-18,25H,2-3,7-10,12-13H2,1H3,(H,22,27)(H,23,26). The Morgan fingerprint density at radius 1 is 1.14 bits per heavy atom. The molecule has 29 heavy (non-hydrogen) atoms. The number of aliphatic hydroxyl groups is 1. The van der Waals surface area contributed by atoms with Gasteiger partial charge in [-0.15, -0.1) is 0 Å². The molecule has 2 aliphatic carbocycles. The largest absolute Gasteiger partial charge is 0.445 e. The minimum absolute atomic E-state index is 0.0106. The van der Waals surface area contributed by atoms with Crippen LogP contribution in [-0.2, 0) is 16.1 Å². The van der Waals surface area contributed by atoms with Crippen molar-refractivity contribution in [1.29, 1.82) is 0 Å². The summed E-state index contributed by atoms with van der Waals surface area (Å²) in [7, 11) is 1.48. The van der Waals surface area contributed by atoms with E-state index in [1.807, 2.05) is 0 Å². The van der Waals surface area contributed by atoms with Gasteiger partial charge in [0.15, 0.2) is 0 Å². The van der Waals surface area contributed by atoms with E-state index in [-0.39, 0.29) is 37.0 Å². The number of carbonyl (C=O) groups is 3. The fourth-order valence-corrected chi connectivity index (χ4v) is 3.37. The highest BCUT2D eigenvalue weighted by Gasteiger charge is 2.26. The molecule has 0 radical (unpaired) electrons. The lowest BCUT2D eigenvalue weighted by Crippen LogP contribution is -2.48. The molecule has 8 nitrogen and oxygen atoms in total. The molecule has 0 saturated heterocycles. The van der Waals surface area contributed by atoms with Crippen LogP contribution in [0.3, 0.4) is 0 Å². The van der Waals surface area contributed by atoms with Crippen LogP contribution in [-0.4, -0.2) is 59.7 Å². The lowest BCUT2D eigenvalue weighted by atomic mass is 9.92. The quantitative estimate of drug-likeness (QED) is 0.640. The van der Waals surface area contributed by atoms with E-state index in [1.165, 1.54) is 11.9 Å². The molecule has 2 aliphatic rings. The first-order valence-electron chi connectivity index (χ1n) is 10.2. The summed E-state index contributed by atoms with van der Waals surface area (Å²) < 4.78 is 5.26. The first kappa shape index (κ1) is 21.1. The van der Waals surface area contributed by atoms with Crippen LogP contribution in [0, 0.1) is 0 Å². The Balaban J connectivity index is 1.43. The van der Waals surface area contributed by atoms with Crippen molar-refractivity contribution in [3.8, 4) is 0 Å². The molecule has 1 aromatic carbocycles. The summed E-state index contributed by atoms with van der Waals surface area (Å²) in [6, 6.07) is 6.96. The molecule has 0 heterocycles. The first-order valence-corrected chi connectivity index (χ1v) is 10.2. The second-order valence-electron chi connectivity index (χ2n) is 7.88. The van der Waals surface area contributed by atoms with Crippen molar-refractivity contribution < 1.29 is 24.2 Å². The van der Waals surface area contributed by atoms with Crippen LogP contribution in [0.5, 0.6) is 0 Å². The lowest BCUT2D eigenvalue weighted by Gasteiger charge is -2.29. The van der Waals surface area contributed by atoms with Gasteiger partial charge in [-0.05, 0) is 43.4 Å². The fraction of sp³-hybridized carbons (Fsp3) is 0.571. The zero-order chi connectivity index (χ0) is 20.8. The third-order valence-corrected chi connectivity index (χ3v) is 5.23. The van der Waals surface area contributed by atoms with Gasteiger partial charge in [0.2, 0.25) is 5.91 Å². The second-order valence-corrected chi connectivity index (χ2v) is 7.88. The van der Waals surface area contributed by atoms with E-state index in [9.17, 15) is 19.5 Å². The molecule has 3 rings (SSSR count). The number of hydrogen-bond acceptors (Lipinski definition) is 5. The van der Waals surface area contributed by atoms with Gasteiger partial charge in [0.1, 0.15) is 13.2 Å². The Morgan fingerprint density at radius 2 is 1.90 bits per heavy atom. The van der Waals surface area contributed by atoms with Crippen molar-refractivity contribution in [2.45, 2.75) is 63.3 Å².